The standard InChI is InChI=1S/C8H6O4.C5H6O4/c9-7(10)5-3-1-2-4-6(5)8(11)12;1-3(5(8)9)2-4(6)7/h1-4H,(H,9,10)(H,11,12);2H,1H3,(H,6,7)(H,8,9)/b;3-2-. The van der Waals surface area contributed by atoms with Crippen molar-refractivity contribution in [2.45, 2.75) is 6.92 Å². The molecule has 0 aromatic heterocycles. The van der Waals surface area contributed by atoms with E-state index in [-0.39, 0.29) is 16.7 Å². The molecule has 0 saturated heterocycles. The molecule has 0 atom stereocenters. The van der Waals surface area contributed by atoms with Gasteiger partial charge >= 0.3 is 23.9 Å². The maximum Gasteiger partial charge on any atom is 0.336 e. The third kappa shape index (κ3) is 6.53. The minimum absolute atomic E-state index is 0.178. The fourth-order valence-electron chi connectivity index (χ4n) is 1.10. The molecule has 0 heterocycles. The van der Waals surface area contributed by atoms with Gasteiger partial charge in [0.25, 0.3) is 0 Å². The Morgan fingerprint density at radius 3 is 1.43 bits per heavy atom. The first kappa shape index (κ1) is 17.8. The molecule has 1 rings (SSSR count). The zero-order valence-electron chi connectivity index (χ0n) is 10.8. The van der Waals surface area contributed by atoms with Crippen molar-refractivity contribution in [1.82, 2.24) is 0 Å². The number of hydrogen-bond acceptors (Lipinski definition) is 4. The van der Waals surface area contributed by atoms with Gasteiger partial charge in [-0.05, 0) is 19.1 Å². The lowest BCUT2D eigenvalue weighted by atomic mass is 10.1. The van der Waals surface area contributed by atoms with Crippen LogP contribution < -0.4 is 0 Å². The molecule has 0 aliphatic rings. The van der Waals surface area contributed by atoms with Gasteiger partial charge < -0.3 is 20.4 Å². The molecule has 8 heteroatoms. The molecular weight excluding hydrogens is 284 g/mol. The van der Waals surface area contributed by atoms with E-state index < -0.39 is 23.9 Å². The third-order valence-electron chi connectivity index (χ3n) is 2.07. The molecule has 1 aromatic carbocycles. The summed E-state index contributed by atoms with van der Waals surface area (Å²) < 4.78 is 0. The maximum absolute atomic E-state index is 10.5. The van der Waals surface area contributed by atoms with Crippen molar-refractivity contribution in [3.8, 4) is 0 Å². The van der Waals surface area contributed by atoms with E-state index in [0.717, 1.165) is 0 Å². The SMILES string of the molecule is C/C(=C/C(=O)O)C(=O)O.O=C(O)c1ccccc1C(=O)O. The lowest BCUT2D eigenvalue weighted by Crippen LogP contribution is -2.06. The Labute approximate surface area is 118 Å². The van der Waals surface area contributed by atoms with Crippen LogP contribution >= 0.6 is 0 Å². The molecule has 21 heavy (non-hydrogen) atoms. The minimum atomic E-state index is -1.24. The second kappa shape index (κ2) is 8.10. The van der Waals surface area contributed by atoms with E-state index in [2.05, 4.69) is 0 Å². The summed E-state index contributed by atoms with van der Waals surface area (Å²) in [5.74, 6) is -4.91. The fraction of sp³-hybridized carbons (Fsp3) is 0.0769. The van der Waals surface area contributed by atoms with Crippen molar-refractivity contribution in [3.05, 3.63) is 47.0 Å². The lowest BCUT2D eigenvalue weighted by molar-refractivity contribution is -0.135. The summed E-state index contributed by atoms with van der Waals surface area (Å²) in [6.45, 7) is 1.22. The topological polar surface area (TPSA) is 149 Å². The van der Waals surface area contributed by atoms with Crippen LogP contribution in [0.2, 0.25) is 0 Å². The minimum Gasteiger partial charge on any atom is -0.478 e. The second-order valence-corrected chi connectivity index (χ2v) is 3.63. The molecular formula is C13H12O8. The van der Waals surface area contributed by atoms with Gasteiger partial charge in [-0.2, -0.15) is 0 Å². The molecule has 0 saturated carbocycles. The van der Waals surface area contributed by atoms with Crippen molar-refractivity contribution in [2.75, 3.05) is 0 Å². The van der Waals surface area contributed by atoms with E-state index in [4.69, 9.17) is 20.4 Å². The summed E-state index contributed by atoms with van der Waals surface area (Å²) in [4.78, 5) is 40.6. The predicted molar refractivity (Wildman–Crippen MR) is 69.4 cm³/mol. The van der Waals surface area contributed by atoms with E-state index in [9.17, 15) is 19.2 Å². The number of benzene rings is 1. The number of aliphatic carboxylic acids is 2. The van der Waals surface area contributed by atoms with E-state index in [1.165, 1.54) is 31.2 Å². The number of carboxylic acids is 4. The molecule has 0 aliphatic heterocycles. The maximum atomic E-state index is 10.5. The quantitative estimate of drug-likeness (QED) is 0.605. The summed E-state index contributed by atoms with van der Waals surface area (Å²) in [5.41, 5.74) is -0.558. The number of carbonyl (C=O) groups is 4. The molecule has 1 aromatic rings. The van der Waals surface area contributed by atoms with Gasteiger partial charge in [0, 0.05) is 11.6 Å². The first-order chi connectivity index (χ1) is 9.66. The van der Waals surface area contributed by atoms with Crippen LogP contribution in [0.3, 0.4) is 0 Å². The number of rotatable bonds is 4. The highest BCUT2D eigenvalue weighted by molar-refractivity contribution is 6.01. The van der Waals surface area contributed by atoms with Crippen LogP contribution in [0, 0.1) is 0 Å². The highest BCUT2D eigenvalue weighted by Crippen LogP contribution is 2.07. The summed E-state index contributed by atoms with van der Waals surface area (Å²) in [7, 11) is 0. The van der Waals surface area contributed by atoms with Gasteiger partial charge in [0.15, 0.2) is 0 Å². The smallest absolute Gasteiger partial charge is 0.336 e. The predicted octanol–water partition coefficient (Wildman–Crippen LogP) is 1.18. The van der Waals surface area contributed by atoms with Gasteiger partial charge in [-0.1, -0.05) is 12.1 Å². The average molecular weight is 296 g/mol. The van der Waals surface area contributed by atoms with Gasteiger partial charge in [0.1, 0.15) is 0 Å². The van der Waals surface area contributed by atoms with E-state index in [1.807, 2.05) is 0 Å². The van der Waals surface area contributed by atoms with Gasteiger partial charge in [-0.3, -0.25) is 0 Å². The number of hydrogen-bond donors (Lipinski definition) is 4. The molecule has 0 bridgehead atoms. The van der Waals surface area contributed by atoms with Gasteiger partial charge in [0.05, 0.1) is 11.1 Å². The summed E-state index contributed by atoms with van der Waals surface area (Å²) >= 11 is 0. The van der Waals surface area contributed by atoms with Crippen LogP contribution in [0.5, 0.6) is 0 Å². The zero-order valence-corrected chi connectivity index (χ0v) is 10.8. The van der Waals surface area contributed by atoms with Crippen molar-refractivity contribution in [1.29, 1.82) is 0 Å². The number of carboxylic acid groups (broad SMARTS) is 4. The lowest BCUT2D eigenvalue weighted by Gasteiger charge is -1.98. The summed E-state index contributed by atoms with van der Waals surface area (Å²) in [6.07, 6.45) is 0.641. The van der Waals surface area contributed by atoms with Gasteiger partial charge in [0.2, 0.25) is 0 Å². The monoisotopic (exact) mass is 296 g/mol. The van der Waals surface area contributed by atoms with E-state index >= 15 is 0 Å². The van der Waals surface area contributed by atoms with Crippen LogP contribution in [0.15, 0.2) is 35.9 Å². The first-order valence-electron chi connectivity index (χ1n) is 5.37. The Bertz CT molecular complexity index is 567. The molecule has 0 amide bonds. The number of aromatic carboxylic acids is 2. The Hall–Kier alpha value is -3.16. The van der Waals surface area contributed by atoms with Crippen LogP contribution in [0.25, 0.3) is 0 Å². The zero-order chi connectivity index (χ0) is 16.6. The highest BCUT2D eigenvalue weighted by atomic mass is 16.4. The molecule has 0 unspecified atom stereocenters. The second-order valence-electron chi connectivity index (χ2n) is 3.63. The van der Waals surface area contributed by atoms with Crippen LogP contribution in [-0.4, -0.2) is 44.3 Å². The van der Waals surface area contributed by atoms with Gasteiger partial charge in [-0.15, -0.1) is 0 Å². The first-order valence-corrected chi connectivity index (χ1v) is 5.37. The van der Waals surface area contributed by atoms with Crippen LogP contribution in [-0.2, 0) is 9.59 Å². The van der Waals surface area contributed by atoms with Crippen molar-refractivity contribution in [3.63, 3.8) is 0 Å². The largest absolute Gasteiger partial charge is 0.478 e. The van der Waals surface area contributed by atoms with E-state index in [1.54, 1.807) is 0 Å². The third-order valence-corrected chi connectivity index (χ3v) is 2.07. The Morgan fingerprint density at radius 1 is 0.857 bits per heavy atom. The van der Waals surface area contributed by atoms with Gasteiger partial charge in [-0.25, -0.2) is 19.2 Å². The van der Waals surface area contributed by atoms with Crippen LogP contribution in [0.1, 0.15) is 27.6 Å². The molecule has 0 spiro atoms. The molecule has 112 valence electrons. The van der Waals surface area contributed by atoms with Crippen molar-refractivity contribution in [2.24, 2.45) is 0 Å². The highest BCUT2D eigenvalue weighted by Gasteiger charge is 2.13. The molecule has 8 nitrogen and oxygen atoms in total. The Balaban J connectivity index is 0.000000400. The Morgan fingerprint density at radius 2 is 1.24 bits per heavy atom. The average Bonchev–Trinajstić information content (AvgIpc) is 2.38. The normalized spacial score (nSPS) is 10.0. The fourth-order valence-corrected chi connectivity index (χ4v) is 1.10. The molecule has 4 N–H and O–H groups in total. The van der Waals surface area contributed by atoms with Crippen molar-refractivity contribution >= 4 is 23.9 Å². The molecule has 0 fully saturated rings. The molecule has 0 radical (unpaired) electrons. The molecule has 0 aliphatic carbocycles. The summed E-state index contributed by atoms with van der Waals surface area (Å²) in [6, 6.07) is 5.48. The van der Waals surface area contributed by atoms with E-state index in [0.29, 0.717) is 6.08 Å². The van der Waals surface area contributed by atoms with Crippen molar-refractivity contribution < 1.29 is 39.6 Å². The van der Waals surface area contributed by atoms with Crippen LogP contribution in [0.4, 0.5) is 0 Å². The summed E-state index contributed by atoms with van der Waals surface area (Å²) in [5, 5.41) is 33.2. The Kier molecular flexibility index (Phi) is 6.88.